The van der Waals surface area contributed by atoms with Crippen molar-refractivity contribution in [2.24, 2.45) is 5.41 Å². The van der Waals surface area contributed by atoms with E-state index < -0.39 is 0 Å². The van der Waals surface area contributed by atoms with Crippen LogP contribution in [0.5, 0.6) is 0 Å². The SMILES string of the molecule is C1=C(CNCCc2ccccc2)OCCC1.CC1(C)CC=CC=C1c1ccccc1. The molecule has 0 saturated carbocycles. The molecule has 2 aromatic rings. The minimum Gasteiger partial charge on any atom is -0.497 e. The highest BCUT2D eigenvalue weighted by Gasteiger charge is 2.24. The van der Waals surface area contributed by atoms with Gasteiger partial charge in [0.05, 0.1) is 13.2 Å². The van der Waals surface area contributed by atoms with Gasteiger partial charge in [-0.3, -0.25) is 0 Å². The molecule has 1 heterocycles. The van der Waals surface area contributed by atoms with Crippen LogP contribution in [-0.4, -0.2) is 19.7 Å². The Morgan fingerprint density at radius 1 is 0.967 bits per heavy atom. The van der Waals surface area contributed by atoms with E-state index in [9.17, 15) is 0 Å². The third-order valence-electron chi connectivity index (χ3n) is 5.58. The van der Waals surface area contributed by atoms with Crippen LogP contribution in [0.15, 0.2) is 90.7 Å². The van der Waals surface area contributed by atoms with Gasteiger partial charge < -0.3 is 10.1 Å². The molecule has 0 spiro atoms. The molecule has 1 aliphatic carbocycles. The summed E-state index contributed by atoms with van der Waals surface area (Å²) < 4.78 is 5.53. The molecule has 2 aliphatic rings. The van der Waals surface area contributed by atoms with Crippen molar-refractivity contribution in [3.05, 3.63) is 102 Å². The molecule has 0 radical (unpaired) electrons. The van der Waals surface area contributed by atoms with Gasteiger partial charge in [0.25, 0.3) is 0 Å². The molecule has 0 saturated heterocycles. The van der Waals surface area contributed by atoms with Crippen LogP contribution in [-0.2, 0) is 11.2 Å². The number of hydrogen-bond donors (Lipinski definition) is 1. The van der Waals surface area contributed by atoms with E-state index in [0.29, 0.717) is 0 Å². The van der Waals surface area contributed by atoms with Crippen molar-refractivity contribution in [1.29, 1.82) is 0 Å². The lowest BCUT2D eigenvalue weighted by Gasteiger charge is -2.29. The molecular formula is C28H35NO. The van der Waals surface area contributed by atoms with Crippen LogP contribution >= 0.6 is 0 Å². The summed E-state index contributed by atoms with van der Waals surface area (Å²) in [6, 6.07) is 21.2. The smallest absolute Gasteiger partial charge is 0.106 e. The molecule has 0 atom stereocenters. The Bertz CT molecular complexity index is 847. The summed E-state index contributed by atoms with van der Waals surface area (Å²) in [5.41, 5.74) is 4.45. The lowest BCUT2D eigenvalue weighted by Crippen LogP contribution is -2.22. The van der Waals surface area contributed by atoms with E-state index in [1.807, 2.05) is 0 Å². The quantitative estimate of drug-likeness (QED) is 0.553. The molecule has 1 aliphatic heterocycles. The number of benzene rings is 2. The highest BCUT2D eigenvalue weighted by atomic mass is 16.5. The molecule has 2 aromatic carbocycles. The van der Waals surface area contributed by atoms with Gasteiger partial charge in [0.1, 0.15) is 5.76 Å². The zero-order valence-corrected chi connectivity index (χ0v) is 18.4. The zero-order valence-electron chi connectivity index (χ0n) is 18.4. The van der Waals surface area contributed by atoms with Crippen molar-refractivity contribution in [2.45, 2.75) is 39.5 Å². The van der Waals surface area contributed by atoms with Gasteiger partial charge in [0, 0.05) is 0 Å². The van der Waals surface area contributed by atoms with Crippen molar-refractivity contribution in [3.63, 3.8) is 0 Å². The van der Waals surface area contributed by atoms with Crippen LogP contribution < -0.4 is 5.32 Å². The molecule has 0 unspecified atom stereocenters. The van der Waals surface area contributed by atoms with Crippen LogP contribution in [0.2, 0.25) is 0 Å². The number of ether oxygens (including phenoxy) is 1. The molecule has 2 nitrogen and oxygen atoms in total. The number of allylic oxidation sites excluding steroid dienone is 5. The molecule has 4 rings (SSSR count). The van der Waals surface area contributed by atoms with Gasteiger partial charge >= 0.3 is 0 Å². The predicted molar refractivity (Wildman–Crippen MR) is 128 cm³/mol. The molecule has 0 bridgehead atoms. The normalized spacial score (nSPS) is 17.1. The van der Waals surface area contributed by atoms with E-state index in [1.54, 1.807) is 0 Å². The molecule has 1 N–H and O–H groups in total. The minimum atomic E-state index is 0.274. The number of rotatable bonds is 6. The molecule has 158 valence electrons. The van der Waals surface area contributed by atoms with Crippen LogP contribution in [0.1, 0.15) is 44.2 Å². The summed E-state index contributed by atoms with van der Waals surface area (Å²) in [7, 11) is 0. The molecule has 30 heavy (non-hydrogen) atoms. The fraction of sp³-hybridized carbons (Fsp3) is 0.357. The van der Waals surface area contributed by atoms with Gasteiger partial charge in [0.2, 0.25) is 0 Å². The predicted octanol–water partition coefficient (Wildman–Crippen LogP) is 6.57. The lowest BCUT2D eigenvalue weighted by molar-refractivity contribution is 0.186. The Hall–Kier alpha value is -2.58. The Morgan fingerprint density at radius 3 is 2.37 bits per heavy atom. The van der Waals surface area contributed by atoms with Crippen molar-refractivity contribution in [3.8, 4) is 0 Å². The highest BCUT2D eigenvalue weighted by Crippen LogP contribution is 2.39. The number of nitrogens with one attached hydrogen (secondary N) is 1. The van der Waals surface area contributed by atoms with Crippen LogP contribution in [0.4, 0.5) is 0 Å². The van der Waals surface area contributed by atoms with Crippen molar-refractivity contribution in [2.75, 3.05) is 19.7 Å². The fourth-order valence-electron chi connectivity index (χ4n) is 3.79. The first-order chi connectivity index (χ1) is 14.6. The van der Waals surface area contributed by atoms with Crippen LogP contribution in [0, 0.1) is 5.41 Å². The monoisotopic (exact) mass is 401 g/mol. The maximum absolute atomic E-state index is 5.53. The first-order valence-electron chi connectivity index (χ1n) is 11.1. The van der Waals surface area contributed by atoms with Gasteiger partial charge in [-0.05, 0) is 60.4 Å². The summed E-state index contributed by atoms with van der Waals surface area (Å²) in [6.07, 6.45) is 13.4. The Balaban J connectivity index is 0.000000172. The Kier molecular flexibility index (Phi) is 8.53. The largest absolute Gasteiger partial charge is 0.497 e. The molecule has 0 amide bonds. The molecule has 0 fully saturated rings. The molecule has 0 aromatic heterocycles. The van der Waals surface area contributed by atoms with Crippen molar-refractivity contribution >= 4 is 5.57 Å². The van der Waals surface area contributed by atoms with E-state index in [1.165, 1.54) is 16.7 Å². The van der Waals surface area contributed by atoms with Crippen molar-refractivity contribution in [1.82, 2.24) is 5.32 Å². The first kappa shape index (κ1) is 22.1. The molecule has 2 heteroatoms. The molecular weight excluding hydrogens is 366 g/mol. The summed E-state index contributed by atoms with van der Waals surface area (Å²) in [5, 5.41) is 3.41. The van der Waals surface area contributed by atoms with Crippen LogP contribution in [0.3, 0.4) is 0 Å². The second-order valence-electron chi connectivity index (χ2n) is 8.54. The maximum Gasteiger partial charge on any atom is 0.106 e. The highest BCUT2D eigenvalue weighted by molar-refractivity contribution is 5.72. The van der Waals surface area contributed by atoms with E-state index in [4.69, 9.17) is 4.74 Å². The average Bonchev–Trinajstić information content (AvgIpc) is 2.79. The third-order valence-corrected chi connectivity index (χ3v) is 5.58. The maximum atomic E-state index is 5.53. The third kappa shape index (κ3) is 7.03. The van der Waals surface area contributed by atoms with E-state index in [-0.39, 0.29) is 5.41 Å². The minimum absolute atomic E-state index is 0.274. The Morgan fingerprint density at radius 2 is 1.70 bits per heavy atom. The van der Waals surface area contributed by atoms with Gasteiger partial charge in [-0.1, -0.05) is 92.7 Å². The summed E-state index contributed by atoms with van der Waals surface area (Å²) in [4.78, 5) is 0. The fourth-order valence-corrected chi connectivity index (χ4v) is 3.79. The topological polar surface area (TPSA) is 21.3 Å². The van der Waals surface area contributed by atoms with E-state index >= 15 is 0 Å². The van der Waals surface area contributed by atoms with Gasteiger partial charge in [-0.25, -0.2) is 0 Å². The lowest BCUT2D eigenvalue weighted by atomic mass is 9.75. The second kappa shape index (κ2) is 11.6. The summed E-state index contributed by atoms with van der Waals surface area (Å²) in [6.45, 7) is 7.36. The van der Waals surface area contributed by atoms with Gasteiger partial charge in [0.15, 0.2) is 0 Å². The van der Waals surface area contributed by atoms with E-state index in [0.717, 1.165) is 51.1 Å². The Labute approximate surface area is 182 Å². The van der Waals surface area contributed by atoms with Crippen LogP contribution in [0.25, 0.3) is 5.57 Å². The average molecular weight is 402 g/mol. The standard InChI is InChI=1S/C14H19NO.C14H16/c1-2-6-13(7-3-1)9-10-15-12-14-8-4-5-11-16-14;1-14(2)11-7-6-10-13(14)12-8-4-3-5-9-12/h1-3,6-8,15H,4-5,9-12H2;3-10H,11H2,1-2H3. The van der Waals surface area contributed by atoms with Gasteiger partial charge in [-0.2, -0.15) is 0 Å². The van der Waals surface area contributed by atoms with Crippen molar-refractivity contribution < 1.29 is 4.74 Å². The van der Waals surface area contributed by atoms with Gasteiger partial charge in [-0.15, -0.1) is 0 Å². The number of hydrogen-bond acceptors (Lipinski definition) is 2. The first-order valence-corrected chi connectivity index (χ1v) is 11.1. The zero-order chi connectivity index (χ0) is 21.1. The summed E-state index contributed by atoms with van der Waals surface area (Å²) in [5.74, 6) is 1.11. The van der Waals surface area contributed by atoms with E-state index in [2.05, 4.69) is 104 Å². The second-order valence-corrected chi connectivity index (χ2v) is 8.54. The summed E-state index contributed by atoms with van der Waals surface area (Å²) >= 11 is 0.